The number of amides is 1. The quantitative estimate of drug-likeness (QED) is 0.836. The number of likely N-dealkylation sites (tertiary alicyclic amines) is 2. The molecule has 0 bridgehead atoms. The van der Waals surface area contributed by atoms with Crippen LogP contribution in [0.15, 0.2) is 24.3 Å². The van der Waals surface area contributed by atoms with E-state index in [1.54, 1.807) is 12.1 Å². The van der Waals surface area contributed by atoms with E-state index in [0.717, 1.165) is 32.6 Å². The minimum atomic E-state index is -0.341. The summed E-state index contributed by atoms with van der Waals surface area (Å²) in [5.74, 6) is -0.368. The lowest BCUT2D eigenvalue weighted by molar-refractivity contribution is 0.0714. The Kier molecular flexibility index (Phi) is 4.54. The van der Waals surface area contributed by atoms with Gasteiger partial charge in [-0.05, 0) is 57.0 Å². The Bertz CT molecular complexity index is 499. The first-order valence-corrected chi connectivity index (χ1v) is 8.03. The summed E-state index contributed by atoms with van der Waals surface area (Å²) in [7, 11) is 0. The van der Waals surface area contributed by atoms with Crippen LogP contribution in [0.25, 0.3) is 0 Å². The summed E-state index contributed by atoms with van der Waals surface area (Å²) in [5, 5.41) is 0. The van der Waals surface area contributed by atoms with Crippen LogP contribution >= 0.6 is 0 Å². The molecule has 3 rings (SSSR count). The predicted molar refractivity (Wildman–Crippen MR) is 80.7 cm³/mol. The van der Waals surface area contributed by atoms with Gasteiger partial charge in [0.1, 0.15) is 5.82 Å². The van der Waals surface area contributed by atoms with Gasteiger partial charge in [0.2, 0.25) is 0 Å². The van der Waals surface area contributed by atoms with E-state index in [1.165, 1.54) is 37.8 Å². The van der Waals surface area contributed by atoms with Crippen molar-refractivity contribution < 1.29 is 9.18 Å². The highest BCUT2D eigenvalue weighted by Crippen LogP contribution is 2.21. The number of nitrogens with zero attached hydrogens (tertiary/aromatic N) is 2. The van der Waals surface area contributed by atoms with Gasteiger partial charge in [0.05, 0.1) is 0 Å². The van der Waals surface area contributed by atoms with Crippen molar-refractivity contribution in [1.29, 1.82) is 0 Å². The molecule has 0 aliphatic carbocycles. The maximum atomic E-state index is 13.3. The minimum absolute atomic E-state index is 0.0272. The molecule has 0 aromatic heterocycles. The fourth-order valence-corrected chi connectivity index (χ4v) is 3.51. The second-order valence-electron chi connectivity index (χ2n) is 6.15. The Morgan fingerprint density at radius 2 is 1.86 bits per heavy atom. The third-order valence-electron chi connectivity index (χ3n) is 4.66. The number of rotatable bonds is 2. The maximum absolute atomic E-state index is 13.3. The number of benzene rings is 1. The number of hydrogen-bond acceptors (Lipinski definition) is 2. The van der Waals surface area contributed by atoms with Crippen LogP contribution in [0.3, 0.4) is 0 Å². The van der Waals surface area contributed by atoms with Crippen molar-refractivity contribution in [1.82, 2.24) is 9.80 Å². The van der Waals surface area contributed by atoms with Crippen LogP contribution in [0.2, 0.25) is 0 Å². The molecular weight excluding hydrogens is 267 g/mol. The van der Waals surface area contributed by atoms with Crippen LogP contribution in [-0.4, -0.2) is 47.9 Å². The van der Waals surface area contributed by atoms with Crippen LogP contribution in [0.4, 0.5) is 4.39 Å². The van der Waals surface area contributed by atoms with Gasteiger partial charge in [-0.3, -0.25) is 9.69 Å². The molecule has 0 N–H and O–H groups in total. The van der Waals surface area contributed by atoms with E-state index in [2.05, 4.69) is 4.90 Å². The lowest BCUT2D eigenvalue weighted by atomic mass is 10.1. The molecule has 4 heteroatoms. The summed E-state index contributed by atoms with van der Waals surface area (Å²) in [6.07, 6.45) is 5.94. The van der Waals surface area contributed by atoms with E-state index in [9.17, 15) is 9.18 Å². The van der Waals surface area contributed by atoms with E-state index in [1.807, 2.05) is 4.90 Å². The van der Waals surface area contributed by atoms with Crippen LogP contribution in [0.1, 0.15) is 42.5 Å². The minimum Gasteiger partial charge on any atom is -0.337 e. The molecule has 2 saturated heterocycles. The van der Waals surface area contributed by atoms with Gasteiger partial charge >= 0.3 is 0 Å². The van der Waals surface area contributed by atoms with Gasteiger partial charge < -0.3 is 4.90 Å². The summed E-state index contributed by atoms with van der Waals surface area (Å²) >= 11 is 0. The first-order chi connectivity index (χ1) is 10.2. The molecule has 1 amide bonds. The topological polar surface area (TPSA) is 23.6 Å². The normalized spacial score (nSPS) is 24.0. The first kappa shape index (κ1) is 14.5. The van der Waals surface area contributed by atoms with E-state index in [4.69, 9.17) is 0 Å². The zero-order valence-electron chi connectivity index (χ0n) is 12.4. The summed E-state index contributed by atoms with van der Waals surface area (Å²) in [4.78, 5) is 17.1. The van der Waals surface area contributed by atoms with Crippen LogP contribution in [-0.2, 0) is 0 Å². The van der Waals surface area contributed by atoms with Gasteiger partial charge in [0.25, 0.3) is 5.91 Å². The molecule has 3 nitrogen and oxygen atoms in total. The third kappa shape index (κ3) is 3.43. The molecule has 0 radical (unpaired) electrons. The fourth-order valence-electron chi connectivity index (χ4n) is 3.51. The van der Waals surface area contributed by atoms with Crippen LogP contribution in [0, 0.1) is 5.82 Å². The van der Waals surface area contributed by atoms with Gasteiger partial charge in [-0.15, -0.1) is 0 Å². The predicted octanol–water partition coefficient (Wildman–Crippen LogP) is 2.92. The van der Waals surface area contributed by atoms with Crippen molar-refractivity contribution in [2.45, 2.75) is 38.1 Å². The largest absolute Gasteiger partial charge is 0.337 e. The molecule has 1 aromatic rings. The van der Waals surface area contributed by atoms with Crippen molar-refractivity contribution in [3.8, 4) is 0 Å². The summed E-state index contributed by atoms with van der Waals surface area (Å²) in [5.41, 5.74) is 0.470. The molecule has 1 aromatic carbocycles. The van der Waals surface area contributed by atoms with Gasteiger partial charge in [-0.25, -0.2) is 4.39 Å². The number of halogens is 1. The smallest absolute Gasteiger partial charge is 0.254 e. The van der Waals surface area contributed by atoms with Gasteiger partial charge in [-0.2, -0.15) is 0 Å². The highest BCUT2D eigenvalue weighted by molar-refractivity contribution is 5.94. The van der Waals surface area contributed by atoms with Gasteiger partial charge in [0.15, 0.2) is 0 Å². The zero-order chi connectivity index (χ0) is 14.7. The molecule has 0 spiro atoms. The lowest BCUT2D eigenvalue weighted by Gasteiger charge is -2.30. The standard InChI is InChI=1S/C17H23FN2O/c18-15-7-5-6-14(12-15)17(21)20-11-2-1-8-16(13-20)19-9-3-4-10-19/h5-7,12,16H,1-4,8-11,13H2/t16-/m0/s1. The van der Waals surface area contributed by atoms with Gasteiger partial charge in [-0.1, -0.05) is 12.5 Å². The molecule has 2 aliphatic heterocycles. The molecule has 0 unspecified atom stereocenters. The SMILES string of the molecule is O=C(c1cccc(F)c1)N1CCCC[C@H](N2CCCC2)C1. The Balaban J connectivity index is 1.72. The van der Waals surface area contributed by atoms with Crippen molar-refractivity contribution in [3.63, 3.8) is 0 Å². The first-order valence-electron chi connectivity index (χ1n) is 8.03. The van der Waals surface area contributed by atoms with Crippen LogP contribution in [0.5, 0.6) is 0 Å². The molecular formula is C17H23FN2O. The number of carbonyl (C=O) groups is 1. The molecule has 2 aliphatic rings. The maximum Gasteiger partial charge on any atom is 0.254 e. The fraction of sp³-hybridized carbons (Fsp3) is 0.588. The monoisotopic (exact) mass is 290 g/mol. The lowest BCUT2D eigenvalue weighted by Crippen LogP contribution is -2.43. The van der Waals surface area contributed by atoms with E-state index < -0.39 is 0 Å². The molecule has 2 heterocycles. The number of hydrogen-bond donors (Lipinski definition) is 0. The summed E-state index contributed by atoms with van der Waals surface area (Å²) < 4.78 is 13.3. The van der Waals surface area contributed by atoms with Crippen molar-refractivity contribution in [2.75, 3.05) is 26.2 Å². The van der Waals surface area contributed by atoms with E-state index >= 15 is 0 Å². The Morgan fingerprint density at radius 1 is 1.10 bits per heavy atom. The Morgan fingerprint density at radius 3 is 2.62 bits per heavy atom. The third-order valence-corrected chi connectivity index (χ3v) is 4.66. The molecule has 21 heavy (non-hydrogen) atoms. The summed E-state index contributed by atoms with van der Waals surface area (Å²) in [6.45, 7) is 3.90. The number of carbonyl (C=O) groups excluding carboxylic acids is 1. The highest BCUT2D eigenvalue weighted by atomic mass is 19.1. The second kappa shape index (κ2) is 6.56. The Labute approximate surface area is 125 Å². The summed E-state index contributed by atoms with van der Waals surface area (Å²) in [6, 6.07) is 6.52. The van der Waals surface area contributed by atoms with Crippen LogP contribution < -0.4 is 0 Å². The highest BCUT2D eigenvalue weighted by Gasteiger charge is 2.28. The molecule has 2 fully saturated rings. The van der Waals surface area contributed by atoms with E-state index in [-0.39, 0.29) is 11.7 Å². The zero-order valence-corrected chi connectivity index (χ0v) is 12.4. The molecule has 0 saturated carbocycles. The van der Waals surface area contributed by atoms with Crippen molar-refractivity contribution >= 4 is 5.91 Å². The second-order valence-corrected chi connectivity index (χ2v) is 6.15. The Hall–Kier alpha value is -1.42. The molecule has 1 atom stereocenters. The van der Waals surface area contributed by atoms with Crippen molar-refractivity contribution in [3.05, 3.63) is 35.6 Å². The molecule has 114 valence electrons. The van der Waals surface area contributed by atoms with Gasteiger partial charge in [0, 0.05) is 24.7 Å². The average Bonchev–Trinajstić information content (AvgIpc) is 2.91. The van der Waals surface area contributed by atoms with Crippen molar-refractivity contribution in [2.24, 2.45) is 0 Å². The van der Waals surface area contributed by atoms with E-state index in [0.29, 0.717) is 11.6 Å². The average molecular weight is 290 g/mol.